The lowest BCUT2D eigenvalue weighted by molar-refractivity contribution is -0.131. The van der Waals surface area contributed by atoms with E-state index in [1.165, 1.54) is 19.3 Å². The molecule has 1 fully saturated rings. The van der Waals surface area contributed by atoms with E-state index in [9.17, 15) is 9.90 Å². The number of aliphatic hydroxyl groups excluding tert-OH is 1. The van der Waals surface area contributed by atoms with E-state index in [0.29, 0.717) is 12.3 Å². The number of hydrogen-bond acceptors (Lipinski definition) is 3. The van der Waals surface area contributed by atoms with Gasteiger partial charge in [0.1, 0.15) is 5.76 Å². The Morgan fingerprint density at radius 1 is 1.33 bits per heavy atom. The van der Waals surface area contributed by atoms with Gasteiger partial charge in [-0.15, -0.1) is 0 Å². The molecular formula is C11H19NO3. The molecule has 0 aliphatic heterocycles. The van der Waals surface area contributed by atoms with Gasteiger partial charge >= 0.3 is 5.97 Å². The summed E-state index contributed by atoms with van der Waals surface area (Å²) in [5, 5.41) is 17.8. The molecule has 1 aliphatic rings. The van der Waals surface area contributed by atoms with Crippen LogP contribution in [-0.2, 0) is 4.79 Å². The molecule has 0 spiro atoms. The van der Waals surface area contributed by atoms with Gasteiger partial charge in [-0.05, 0) is 12.3 Å². The monoisotopic (exact) mass is 213 g/mol. The maximum absolute atomic E-state index is 10.3. The molecule has 4 nitrogen and oxygen atoms in total. The van der Waals surface area contributed by atoms with E-state index in [2.05, 4.69) is 0 Å². The highest BCUT2D eigenvalue weighted by atomic mass is 16.4. The zero-order chi connectivity index (χ0) is 11.3. The van der Waals surface area contributed by atoms with Crippen LogP contribution in [0.1, 0.15) is 38.5 Å². The third kappa shape index (κ3) is 4.34. The number of hydrogen-bond donors (Lipinski definition) is 3. The fourth-order valence-electron chi connectivity index (χ4n) is 2.14. The molecule has 1 rings (SSSR count). The Balaban J connectivity index is 2.39. The smallest absolute Gasteiger partial charge is 0.331 e. The highest BCUT2D eigenvalue weighted by molar-refractivity contribution is 5.80. The van der Waals surface area contributed by atoms with Crippen LogP contribution in [0.25, 0.3) is 0 Å². The lowest BCUT2D eigenvalue weighted by Gasteiger charge is -2.24. The van der Waals surface area contributed by atoms with Crippen LogP contribution in [0.15, 0.2) is 11.8 Å². The topological polar surface area (TPSA) is 83.5 Å². The minimum atomic E-state index is -1.15. The number of aliphatic hydroxyl groups is 1. The largest absolute Gasteiger partial charge is 0.510 e. The van der Waals surface area contributed by atoms with Crippen LogP contribution in [0.5, 0.6) is 0 Å². The number of nitrogens with two attached hydrogens (primary N) is 1. The average Bonchev–Trinajstić information content (AvgIpc) is 2.18. The Bertz CT molecular complexity index is 244. The second kappa shape index (κ2) is 5.75. The van der Waals surface area contributed by atoms with Crippen molar-refractivity contribution in [3.8, 4) is 0 Å². The predicted molar refractivity (Wildman–Crippen MR) is 57.5 cm³/mol. The van der Waals surface area contributed by atoms with E-state index >= 15 is 0 Å². The van der Waals surface area contributed by atoms with Crippen molar-refractivity contribution in [3.63, 3.8) is 0 Å². The molecule has 0 amide bonds. The summed E-state index contributed by atoms with van der Waals surface area (Å²) >= 11 is 0. The van der Waals surface area contributed by atoms with Gasteiger partial charge in [-0.25, -0.2) is 4.79 Å². The van der Waals surface area contributed by atoms with Crippen LogP contribution in [-0.4, -0.2) is 22.2 Å². The molecule has 0 aromatic carbocycles. The van der Waals surface area contributed by atoms with Crippen molar-refractivity contribution in [2.24, 2.45) is 11.7 Å². The van der Waals surface area contributed by atoms with Gasteiger partial charge in [0.05, 0.1) is 12.1 Å². The Labute approximate surface area is 89.8 Å². The van der Waals surface area contributed by atoms with Crippen LogP contribution in [0, 0.1) is 5.92 Å². The first-order valence-corrected chi connectivity index (χ1v) is 5.48. The zero-order valence-corrected chi connectivity index (χ0v) is 8.85. The first-order chi connectivity index (χ1) is 7.09. The van der Waals surface area contributed by atoms with Crippen molar-refractivity contribution >= 4 is 5.97 Å². The van der Waals surface area contributed by atoms with Gasteiger partial charge in [0, 0.05) is 0 Å². The highest BCUT2D eigenvalue weighted by Crippen LogP contribution is 2.27. The quantitative estimate of drug-likeness (QED) is 0.491. The van der Waals surface area contributed by atoms with E-state index in [4.69, 9.17) is 10.8 Å². The molecule has 0 bridgehead atoms. The highest BCUT2D eigenvalue weighted by Gasteiger charge is 2.19. The van der Waals surface area contributed by atoms with Gasteiger partial charge in [-0.1, -0.05) is 32.1 Å². The van der Waals surface area contributed by atoms with Crippen LogP contribution in [0.3, 0.4) is 0 Å². The number of rotatable bonds is 4. The minimum absolute atomic E-state index is 0.215. The minimum Gasteiger partial charge on any atom is -0.510 e. The van der Waals surface area contributed by atoms with E-state index in [1.807, 2.05) is 0 Å². The van der Waals surface area contributed by atoms with Gasteiger partial charge in [0.15, 0.2) is 0 Å². The predicted octanol–water partition coefficient (Wildman–Crippen LogP) is 1.81. The molecule has 0 radical (unpaired) electrons. The lowest BCUT2D eigenvalue weighted by atomic mass is 9.84. The van der Waals surface area contributed by atoms with Crippen molar-refractivity contribution in [2.75, 3.05) is 0 Å². The van der Waals surface area contributed by atoms with Crippen molar-refractivity contribution < 1.29 is 15.0 Å². The Hall–Kier alpha value is -1.03. The standard InChI is InChI=1S/C11H19NO3/c12-9(10(13)7-11(14)15)6-8-4-2-1-3-5-8/h7-9,13H,1-6,12H2,(H,14,15). The summed E-state index contributed by atoms with van der Waals surface area (Å²) in [6.07, 6.45) is 7.50. The van der Waals surface area contributed by atoms with Gasteiger partial charge < -0.3 is 15.9 Å². The van der Waals surface area contributed by atoms with E-state index in [0.717, 1.165) is 18.9 Å². The molecule has 0 heterocycles. The number of carboxylic acids is 1. The average molecular weight is 213 g/mol. The third-order valence-electron chi connectivity index (χ3n) is 2.96. The summed E-state index contributed by atoms with van der Waals surface area (Å²) < 4.78 is 0. The normalized spacial score (nSPS) is 21.3. The van der Waals surface area contributed by atoms with Crippen LogP contribution in [0.4, 0.5) is 0 Å². The summed E-state index contributed by atoms with van der Waals surface area (Å²) in [5.41, 5.74) is 5.71. The fourth-order valence-corrected chi connectivity index (χ4v) is 2.14. The number of aliphatic carboxylic acids is 1. The molecule has 0 aromatic rings. The third-order valence-corrected chi connectivity index (χ3v) is 2.96. The molecule has 4 heteroatoms. The Morgan fingerprint density at radius 2 is 1.93 bits per heavy atom. The van der Waals surface area contributed by atoms with Crippen molar-refractivity contribution in [1.82, 2.24) is 0 Å². The molecule has 86 valence electrons. The van der Waals surface area contributed by atoms with Gasteiger partial charge in [0.2, 0.25) is 0 Å². The van der Waals surface area contributed by atoms with Crippen molar-refractivity contribution in [3.05, 3.63) is 11.8 Å². The van der Waals surface area contributed by atoms with Gasteiger partial charge in [0.25, 0.3) is 0 Å². The summed E-state index contributed by atoms with van der Waals surface area (Å²) in [4.78, 5) is 10.3. The SMILES string of the molecule is NC(CC1CCCCC1)C(O)=CC(=O)O. The molecule has 1 aliphatic carbocycles. The maximum atomic E-state index is 10.3. The molecule has 0 aromatic heterocycles. The second-order valence-corrected chi connectivity index (χ2v) is 4.25. The second-order valence-electron chi connectivity index (χ2n) is 4.25. The van der Waals surface area contributed by atoms with Crippen molar-refractivity contribution in [1.29, 1.82) is 0 Å². The number of carboxylic acid groups (broad SMARTS) is 1. The Morgan fingerprint density at radius 3 is 2.47 bits per heavy atom. The summed E-state index contributed by atoms with van der Waals surface area (Å²) in [5.74, 6) is -0.822. The summed E-state index contributed by atoms with van der Waals surface area (Å²) in [6, 6.07) is -0.524. The molecule has 15 heavy (non-hydrogen) atoms. The zero-order valence-electron chi connectivity index (χ0n) is 8.85. The molecule has 1 saturated carbocycles. The lowest BCUT2D eigenvalue weighted by Crippen LogP contribution is -2.27. The van der Waals surface area contributed by atoms with Crippen LogP contribution < -0.4 is 5.73 Å². The molecule has 1 atom stereocenters. The van der Waals surface area contributed by atoms with Gasteiger partial charge in [-0.3, -0.25) is 0 Å². The van der Waals surface area contributed by atoms with Crippen LogP contribution >= 0.6 is 0 Å². The first-order valence-electron chi connectivity index (χ1n) is 5.48. The van der Waals surface area contributed by atoms with E-state index < -0.39 is 12.0 Å². The fraction of sp³-hybridized carbons (Fsp3) is 0.727. The van der Waals surface area contributed by atoms with Crippen LogP contribution in [0.2, 0.25) is 0 Å². The maximum Gasteiger partial charge on any atom is 0.331 e. The van der Waals surface area contributed by atoms with Crippen molar-refractivity contribution in [2.45, 2.75) is 44.6 Å². The number of carbonyl (C=O) groups is 1. The summed E-state index contributed by atoms with van der Waals surface area (Å²) in [7, 11) is 0. The first kappa shape index (κ1) is 12.0. The molecule has 0 saturated heterocycles. The van der Waals surface area contributed by atoms with Gasteiger partial charge in [-0.2, -0.15) is 0 Å². The molecule has 1 unspecified atom stereocenters. The molecule has 4 N–H and O–H groups in total. The summed E-state index contributed by atoms with van der Waals surface area (Å²) in [6.45, 7) is 0. The Kier molecular flexibility index (Phi) is 4.62. The molecular weight excluding hydrogens is 194 g/mol. The van der Waals surface area contributed by atoms with E-state index in [-0.39, 0.29) is 5.76 Å². The van der Waals surface area contributed by atoms with E-state index in [1.54, 1.807) is 0 Å².